The number of likely N-dealkylation sites (tertiary alicyclic amines) is 1. The van der Waals surface area contributed by atoms with Crippen LogP contribution in [-0.4, -0.2) is 34.4 Å². The van der Waals surface area contributed by atoms with E-state index < -0.39 is 0 Å². The molecule has 0 radical (unpaired) electrons. The Hall–Kier alpha value is -1.62. The largest absolute Gasteiger partial charge is 0.335 e. The Kier molecular flexibility index (Phi) is 3.02. The molecule has 0 saturated carbocycles. The summed E-state index contributed by atoms with van der Waals surface area (Å²) in [5.74, 6) is -0.117. The summed E-state index contributed by atoms with van der Waals surface area (Å²) in [6.45, 7) is 3.23. The van der Waals surface area contributed by atoms with Gasteiger partial charge < -0.3 is 15.6 Å². The molecule has 2 heterocycles. The van der Waals surface area contributed by atoms with Gasteiger partial charge in [0.2, 0.25) is 5.56 Å². The Morgan fingerprint density at radius 2 is 2.29 bits per heavy atom. The number of carbonyl (C=O) groups excluding carboxylic acids is 1. The summed E-state index contributed by atoms with van der Waals surface area (Å²) >= 11 is 0. The first-order chi connectivity index (χ1) is 8.04. The predicted octanol–water partition coefficient (Wildman–Crippen LogP) is 0.328. The number of nitrogens with two attached hydrogens (primary N) is 1. The van der Waals surface area contributed by atoms with Gasteiger partial charge in [-0.3, -0.25) is 9.59 Å². The van der Waals surface area contributed by atoms with Crippen molar-refractivity contribution in [3.8, 4) is 0 Å². The molecule has 0 unspecified atom stereocenters. The zero-order valence-corrected chi connectivity index (χ0v) is 9.90. The number of aromatic amines is 1. The smallest absolute Gasteiger partial charge is 0.254 e. The lowest BCUT2D eigenvalue weighted by Gasteiger charge is -2.47. The van der Waals surface area contributed by atoms with Crippen LogP contribution in [0, 0.1) is 0 Å². The number of aromatic nitrogens is 1. The van der Waals surface area contributed by atoms with Gasteiger partial charge in [0.1, 0.15) is 0 Å². The molecule has 5 nitrogen and oxygen atoms in total. The molecule has 1 amide bonds. The molecule has 0 bridgehead atoms. The molecule has 0 aromatic carbocycles. The molecule has 92 valence electrons. The van der Waals surface area contributed by atoms with Gasteiger partial charge in [-0.2, -0.15) is 0 Å². The lowest BCUT2D eigenvalue weighted by Crippen LogP contribution is -2.68. The molecule has 0 aliphatic carbocycles. The second-order valence-corrected chi connectivity index (χ2v) is 4.72. The van der Waals surface area contributed by atoms with Gasteiger partial charge in [0.05, 0.1) is 5.54 Å². The molecular formula is C12H17N3O2. The fourth-order valence-electron chi connectivity index (χ4n) is 2.27. The third kappa shape index (κ3) is 2.39. The first-order valence-electron chi connectivity index (χ1n) is 5.81. The number of pyridine rings is 1. The Morgan fingerprint density at radius 3 is 2.88 bits per heavy atom. The zero-order chi connectivity index (χ0) is 12.5. The topological polar surface area (TPSA) is 79.2 Å². The van der Waals surface area contributed by atoms with Crippen LogP contribution in [0.25, 0.3) is 0 Å². The standard InChI is InChI=1S/C12H17N3O2/c1-2-4-12(13)7-15(8-12)11(17)9-3-5-14-10(16)6-9/h3,5-6H,2,4,7-8,13H2,1H3,(H,14,16). The van der Waals surface area contributed by atoms with Crippen molar-refractivity contribution < 1.29 is 4.79 Å². The molecule has 3 N–H and O–H groups in total. The molecule has 1 aliphatic heterocycles. The van der Waals surface area contributed by atoms with Gasteiger partial charge >= 0.3 is 0 Å². The lowest BCUT2D eigenvalue weighted by atomic mass is 9.86. The maximum absolute atomic E-state index is 12.0. The average Bonchev–Trinajstić information content (AvgIpc) is 2.25. The minimum atomic E-state index is -0.260. The first-order valence-corrected chi connectivity index (χ1v) is 5.81. The second kappa shape index (κ2) is 4.33. The van der Waals surface area contributed by atoms with Crippen LogP contribution >= 0.6 is 0 Å². The molecule has 1 saturated heterocycles. The van der Waals surface area contributed by atoms with Crippen molar-refractivity contribution in [2.24, 2.45) is 5.73 Å². The van der Waals surface area contributed by atoms with E-state index in [1.54, 1.807) is 11.0 Å². The van der Waals surface area contributed by atoms with E-state index in [0.29, 0.717) is 18.7 Å². The van der Waals surface area contributed by atoms with Gasteiger partial charge in [-0.15, -0.1) is 0 Å². The number of rotatable bonds is 3. The van der Waals surface area contributed by atoms with Crippen LogP contribution in [-0.2, 0) is 0 Å². The van der Waals surface area contributed by atoms with Crippen molar-refractivity contribution in [3.05, 3.63) is 34.2 Å². The van der Waals surface area contributed by atoms with Crippen molar-refractivity contribution in [1.29, 1.82) is 0 Å². The average molecular weight is 235 g/mol. The van der Waals surface area contributed by atoms with Gasteiger partial charge in [0.15, 0.2) is 0 Å². The number of nitrogens with zero attached hydrogens (tertiary/aromatic N) is 1. The van der Waals surface area contributed by atoms with E-state index in [1.807, 2.05) is 0 Å². The van der Waals surface area contributed by atoms with E-state index in [9.17, 15) is 9.59 Å². The summed E-state index contributed by atoms with van der Waals surface area (Å²) in [5, 5.41) is 0. The zero-order valence-electron chi connectivity index (χ0n) is 9.90. The number of hydrogen-bond acceptors (Lipinski definition) is 3. The van der Waals surface area contributed by atoms with Crippen LogP contribution in [0.5, 0.6) is 0 Å². The summed E-state index contributed by atoms with van der Waals surface area (Å²) in [6, 6.07) is 2.93. The van der Waals surface area contributed by atoms with E-state index >= 15 is 0 Å². The molecule has 1 aromatic heterocycles. The third-order valence-electron chi connectivity index (χ3n) is 3.07. The van der Waals surface area contributed by atoms with Crippen LogP contribution in [0.3, 0.4) is 0 Å². The van der Waals surface area contributed by atoms with Crippen molar-refractivity contribution >= 4 is 5.91 Å². The summed E-state index contributed by atoms with van der Waals surface area (Å²) in [6.07, 6.45) is 3.42. The van der Waals surface area contributed by atoms with Gasteiger partial charge in [0, 0.05) is 30.9 Å². The van der Waals surface area contributed by atoms with E-state index in [2.05, 4.69) is 11.9 Å². The monoisotopic (exact) mass is 235 g/mol. The highest BCUT2D eigenvalue weighted by molar-refractivity contribution is 5.94. The van der Waals surface area contributed by atoms with Crippen molar-refractivity contribution in [1.82, 2.24) is 9.88 Å². The van der Waals surface area contributed by atoms with Crippen molar-refractivity contribution in [3.63, 3.8) is 0 Å². The summed E-state index contributed by atoms with van der Waals surface area (Å²) in [7, 11) is 0. The van der Waals surface area contributed by atoms with Crippen molar-refractivity contribution in [2.45, 2.75) is 25.3 Å². The molecule has 0 atom stereocenters. The van der Waals surface area contributed by atoms with Gasteiger partial charge in [-0.05, 0) is 12.5 Å². The Balaban J connectivity index is 2.02. The van der Waals surface area contributed by atoms with Crippen molar-refractivity contribution in [2.75, 3.05) is 13.1 Å². The summed E-state index contributed by atoms with van der Waals surface area (Å²) in [4.78, 5) is 27.3. The SMILES string of the molecule is CCCC1(N)CN(C(=O)c2cc[nH]c(=O)c2)C1. The Morgan fingerprint density at radius 1 is 1.59 bits per heavy atom. The molecule has 2 rings (SSSR count). The number of hydrogen-bond donors (Lipinski definition) is 2. The number of carbonyl (C=O) groups is 1. The van der Waals surface area contributed by atoms with Crippen LogP contribution in [0.2, 0.25) is 0 Å². The molecule has 5 heteroatoms. The number of nitrogens with one attached hydrogen (secondary N) is 1. The Bertz CT molecular complexity index is 475. The maximum Gasteiger partial charge on any atom is 0.254 e. The molecule has 1 fully saturated rings. The second-order valence-electron chi connectivity index (χ2n) is 4.72. The molecule has 1 aromatic rings. The van der Waals surface area contributed by atoms with Gasteiger partial charge in [-0.1, -0.05) is 13.3 Å². The van der Waals surface area contributed by atoms with Crippen LogP contribution in [0.15, 0.2) is 23.1 Å². The first kappa shape index (κ1) is 11.9. The third-order valence-corrected chi connectivity index (χ3v) is 3.07. The minimum Gasteiger partial charge on any atom is -0.335 e. The van der Waals surface area contributed by atoms with E-state index in [1.165, 1.54) is 12.3 Å². The number of H-pyrrole nitrogens is 1. The van der Waals surface area contributed by atoms with Gasteiger partial charge in [0.25, 0.3) is 5.91 Å². The fourth-order valence-corrected chi connectivity index (χ4v) is 2.27. The lowest BCUT2D eigenvalue weighted by molar-refractivity contribution is 0.0386. The highest BCUT2D eigenvalue weighted by Gasteiger charge is 2.41. The summed E-state index contributed by atoms with van der Waals surface area (Å²) < 4.78 is 0. The Labute approximate surface area is 99.6 Å². The molecule has 17 heavy (non-hydrogen) atoms. The van der Waals surface area contributed by atoms with Crippen LogP contribution in [0.1, 0.15) is 30.1 Å². The van der Waals surface area contributed by atoms with Crippen LogP contribution in [0.4, 0.5) is 0 Å². The van der Waals surface area contributed by atoms with E-state index in [0.717, 1.165) is 12.8 Å². The molecule has 1 aliphatic rings. The number of amides is 1. The molecular weight excluding hydrogens is 218 g/mol. The molecule has 0 spiro atoms. The minimum absolute atomic E-state index is 0.117. The highest BCUT2D eigenvalue weighted by atomic mass is 16.2. The van der Waals surface area contributed by atoms with E-state index in [4.69, 9.17) is 5.73 Å². The maximum atomic E-state index is 12.0. The highest BCUT2D eigenvalue weighted by Crippen LogP contribution is 2.24. The summed E-state index contributed by atoms with van der Waals surface area (Å²) in [5.41, 5.74) is 6.02. The normalized spacial score (nSPS) is 17.6. The van der Waals surface area contributed by atoms with Crippen LogP contribution < -0.4 is 11.3 Å². The quantitative estimate of drug-likeness (QED) is 0.792. The van der Waals surface area contributed by atoms with Gasteiger partial charge in [-0.25, -0.2) is 0 Å². The fraction of sp³-hybridized carbons (Fsp3) is 0.500. The van der Waals surface area contributed by atoms with E-state index in [-0.39, 0.29) is 17.0 Å². The predicted molar refractivity (Wildman–Crippen MR) is 64.8 cm³/mol.